The maximum Gasteiger partial charge on any atom is 0.0640 e. The summed E-state index contributed by atoms with van der Waals surface area (Å²) in [6.45, 7) is 14.0. The molecule has 1 aromatic rings. The highest BCUT2D eigenvalue weighted by molar-refractivity contribution is 5.45. The van der Waals surface area contributed by atoms with Crippen molar-refractivity contribution in [3.8, 4) is 0 Å². The van der Waals surface area contributed by atoms with E-state index in [-0.39, 0.29) is 11.1 Å². The Morgan fingerprint density at radius 3 is 1.68 bits per heavy atom. The Morgan fingerprint density at radius 2 is 1.23 bits per heavy atom. The van der Waals surface area contributed by atoms with Gasteiger partial charge >= 0.3 is 0 Å². The van der Waals surface area contributed by atoms with E-state index < -0.39 is 5.54 Å². The van der Waals surface area contributed by atoms with E-state index in [1.54, 1.807) is 0 Å². The van der Waals surface area contributed by atoms with E-state index in [0.29, 0.717) is 0 Å². The normalized spacial score (nSPS) is 13.5. The lowest BCUT2D eigenvalue weighted by molar-refractivity contribution is -0.220. The first-order chi connectivity index (χ1) is 9.88. The monoisotopic (exact) mass is 308 g/mol. The zero-order valence-corrected chi connectivity index (χ0v) is 15.1. The fourth-order valence-corrected chi connectivity index (χ4v) is 2.65. The zero-order valence-electron chi connectivity index (χ0n) is 15.1. The molecule has 0 aliphatic rings. The standard InChI is InChI=1S/C18H32N2O2/c1-16(2,3)20(22)18(6,7)14-13-17(4,5)19(21)15-11-9-8-10-12-15/h8-12,21-22H,13-14H2,1-7H3. The van der Waals surface area contributed by atoms with E-state index in [2.05, 4.69) is 0 Å². The molecule has 0 aliphatic heterocycles. The molecule has 0 radical (unpaired) electrons. The lowest BCUT2D eigenvalue weighted by Crippen LogP contribution is -2.53. The third kappa shape index (κ3) is 4.70. The molecule has 1 aromatic carbocycles. The minimum atomic E-state index is -0.419. The van der Waals surface area contributed by atoms with Gasteiger partial charge in [-0.15, -0.1) is 0 Å². The van der Waals surface area contributed by atoms with Crippen LogP contribution in [0.1, 0.15) is 61.3 Å². The third-order valence-corrected chi connectivity index (χ3v) is 4.13. The van der Waals surface area contributed by atoms with E-state index in [9.17, 15) is 10.4 Å². The van der Waals surface area contributed by atoms with Crippen molar-refractivity contribution in [2.45, 2.75) is 77.9 Å². The molecule has 126 valence electrons. The van der Waals surface area contributed by atoms with Gasteiger partial charge in [0.1, 0.15) is 0 Å². The van der Waals surface area contributed by atoms with Crippen LogP contribution in [0, 0.1) is 0 Å². The van der Waals surface area contributed by atoms with Gasteiger partial charge in [0.2, 0.25) is 0 Å². The Kier molecular flexibility index (Phi) is 5.66. The van der Waals surface area contributed by atoms with Gasteiger partial charge in [0.25, 0.3) is 0 Å². The van der Waals surface area contributed by atoms with Gasteiger partial charge < -0.3 is 5.21 Å². The van der Waals surface area contributed by atoms with Gasteiger partial charge in [-0.1, -0.05) is 18.2 Å². The number of nitrogens with zero attached hydrogens (tertiary/aromatic N) is 2. The van der Waals surface area contributed by atoms with Gasteiger partial charge in [-0.05, 0) is 73.4 Å². The van der Waals surface area contributed by atoms with Crippen LogP contribution in [0.2, 0.25) is 0 Å². The van der Waals surface area contributed by atoms with Gasteiger partial charge in [0, 0.05) is 11.1 Å². The maximum atomic E-state index is 10.5. The van der Waals surface area contributed by atoms with E-state index in [1.807, 2.05) is 78.8 Å². The summed E-state index contributed by atoms with van der Waals surface area (Å²) in [6, 6.07) is 9.53. The molecule has 0 heterocycles. The molecule has 0 aliphatic carbocycles. The summed E-state index contributed by atoms with van der Waals surface area (Å²) in [5.74, 6) is 0. The minimum Gasteiger partial charge on any atom is -0.313 e. The molecule has 0 saturated heterocycles. The molecule has 1 rings (SSSR count). The predicted octanol–water partition coefficient (Wildman–Crippen LogP) is 4.71. The molecule has 0 saturated carbocycles. The van der Waals surface area contributed by atoms with Crippen molar-refractivity contribution in [1.29, 1.82) is 0 Å². The first-order valence-electron chi connectivity index (χ1n) is 7.91. The Morgan fingerprint density at radius 1 is 0.773 bits per heavy atom. The van der Waals surface area contributed by atoms with E-state index >= 15 is 0 Å². The summed E-state index contributed by atoms with van der Waals surface area (Å²) >= 11 is 0. The van der Waals surface area contributed by atoms with Crippen LogP contribution in [0.3, 0.4) is 0 Å². The highest BCUT2D eigenvalue weighted by Gasteiger charge is 2.36. The largest absolute Gasteiger partial charge is 0.313 e. The van der Waals surface area contributed by atoms with Gasteiger partial charge in [0.05, 0.1) is 11.2 Å². The van der Waals surface area contributed by atoms with Crippen molar-refractivity contribution < 1.29 is 10.4 Å². The number of benzene rings is 1. The quantitative estimate of drug-likeness (QED) is 0.747. The third-order valence-electron chi connectivity index (χ3n) is 4.13. The van der Waals surface area contributed by atoms with Crippen LogP contribution in [-0.2, 0) is 0 Å². The molecule has 0 atom stereocenters. The first-order valence-corrected chi connectivity index (χ1v) is 7.91. The maximum absolute atomic E-state index is 10.5. The molecule has 2 N–H and O–H groups in total. The van der Waals surface area contributed by atoms with Gasteiger partial charge in [0.15, 0.2) is 0 Å². The van der Waals surface area contributed by atoms with Gasteiger partial charge in [-0.3, -0.25) is 10.3 Å². The SMILES string of the molecule is CC(C)(C)N(O)C(C)(C)CCC(C)(C)N(O)c1ccccc1. The number of hydrogen-bond donors (Lipinski definition) is 2. The Balaban J connectivity index is 2.77. The van der Waals surface area contributed by atoms with Crippen molar-refractivity contribution >= 4 is 5.69 Å². The lowest BCUT2D eigenvalue weighted by atomic mass is 9.86. The highest BCUT2D eigenvalue weighted by atomic mass is 16.5. The zero-order chi connectivity index (χ0) is 17.2. The molecule has 0 bridgehead atoms. The van der Waals surface area contributed by atoms with Crippen molar-refractivity contribution in [3.05, 3.63) is 30.3 Å². The van der Waals surface area contributed by atoms with E-state index in [4.69, 9.17) is 0 Å². The van der Waals surface area contributed by atoms with Crippen LogP contribution >= 0.6 is 0 Å². The van der Waals surface area contributed by atoms with Crippen LogP contribution < -0.4 is 5.06 Å². The highest BCUT2D eigenvalue weighted by Crippen LogP contribution is 2.32. The fourth-order valence-electron chi connectivity index (χ4n) is 2.65. The second-order valence-electron chi connectivity index (χ2n) is 8.25. The molecule has 0 fully saturated rings. The summed E-state index contributed by atoms with van der Waals surface area (Å²) in [4.78, 5) is 0. The lowest BCUT2D eigenvalue weighted by Gasteiger charge is -2.44. The van der Waals surface area contributed by atoms with Crippen molar-refractivity contribution in [3.63, 3.8) is 0 Å². The summed E-state index contributed by atoms with van der Waals surface area (Å²) in [5.41, 5.74) is -0.321. The van der Waals surface area contributed by atoms with Crippen LogP contribution in [0.4, 0.5) is 5.69 Å². The molecular weight excluding hydrogens is 276 g/mol. The number of hydroxylamine groups is 3. The van der Waals surface area contributed by atoms with Gasteiger partial charge in [-0.2, -0.15) is 5.06 Å². The number of para-hydroxylation sites is 1. The molecule has 22 heavy (non-hydrogen) atoms. The van der Waals surface area contributed by atoms with E-state index in [0.717, 1.165) is 18.5 Å². The van der Waals surface area contributed by atoms with Crippen molar-refractivity contribution in [2.75, 3.05) is 5.06 Å². The Labute approximate surface area is 135 Å². The van der Waals surface area contributed by atoms with Gasteiger partial charge in [-0.25, -0.2) is 0 Å². The molecule has 0 unspecified atom stereocenters. The summed E-state index contributed by atoms with van der Waals surface area (Å²) in [5, 5.41) is 23.7. The second kappa shape index (κ2) is 6.57. The molecule has 4 nitrogen and oxygen atoms in total. The minimum absolute atomic E-state index is 0.314. The molecular formula is C18H32N2O2. The second-order valence-corrected chi connectivity index (χ2v) is 8.25. The Bertz CT molecular complexity index is 464. The summed E-state index contributed by atoms with van der Waals surface area (Å²) in [6.07, 6.45) is 1.51. The molecule has 0 spiro atoms. The van der Waals surface area contributed by atoms with Crippen LogP contribution in [0.5, 0.6) is 0 Å². The molecule has 4 heteroatoms. The van der Waals surface area contributed by atoms with E-state index in [1.165, 1.54) is 10.1 Å². The van der Waals surface area contributed by atoms with Crippen molar-refractivity contribution in [2.24, 2.45) is 0 Å². The average molecular weight is 308 g/mol. The summed E-state index contributed by atoms with van der Waals surface area (Å²) in [7, 11) is 0. The predicted molar refractivity (Wildman–Crippen MR) is 91.5 cm³/mol. The number of rotatable bonds is 6. The average Bonchev–Trinajstić information content (AvgIpc) is 2.44. The summed E-state index contributed by atoms with van der Waals surface area (Å²) < 4.78 is 0. The smallest absolute Gasteiger partial charge is 0.0640 e. The number of anilines is 1. The fraction of sp³-hybridized carbons (Fsp3) is 0.667. The molecule has 0 amide bonds. The Hall–Kier alpha value is -1.10. The number of hydrogen-bond acceptors (Lipinski definition) is 4. The van der Waals surface area contributed by atoms with Crippen molar-refractivity contribution in [1.82, 2.24) is 5.06 Å². The van der Waals surface area contributed by atoms with Crippen LogP contribution in [-0.4, -0.2) is 32.1 Å². The van der Waals surface area contributed by atoms with Crippen LogP contribution in [0.25, 0.3) is 0 Å². The van der Waals surface area contributed by atoms with Crippen LogP contribution in [0.15, 0.2) is 30.3 Å². The first kappa shape index (κ1) is 18.9. The molecule has 0 aromatic heterocycles. The topological polar surface area (TPSA) is 46.9 Å².